The number of anilines is 1. The molecule has 1 rings (SSSR count). The fourth-order valence-electron chi connectivity index (χ4n) is 2.72. The second-order valence-electron chi connectivity index (χ2n) is 7.81. The van der Waals surface area contributed by atoms with Crippen LogP contribution in [0, 0.1) is 17.8 Å². The maximum absolute atomic E-state index is 12.9. The van der Waals surface area contributed by atoms with Gasteiger partial charge in [0.05, 0.1) is 12.6 Å². The summed E-state index contributed by atoms with van der Waals surface area (Å²) in [5.74, 6) is 2.80. The Morgan fingerprint density at radius 1 is 1.18 bits per heavy atom. The van der Waals surface area contributed by atoms with E-state index in [0.717, 1.165) is 0 Å². The molecule has 0 aliphatic carbocycles. The second kappa shape index (κ2) is 13.5. The normalized spacial score (nSPS) is 12.8. The van der Waals surface area contributed by atoms with Crippen molar-refractivity contribution in [3.05, 3.63) is 29.3 Å². The van der Waals surface area contributed by atoms with E-state index >= 15 is 0 Å². The van der Waals surface area contributed by atoms with Crippen LogP contribution in [0.15, 0.2) is 18.2 Å². The highest BCUT2D eigenvalue weighted by atomic mass is 32.2. The number of carbonyl (C=O) groups is 3. The molecular weight excluding hydrogens is 466 g/mol. The van der Waals surface area contributed by atoms with Crippen LogP contribution in [0.3, 0.4) is 0 Å². The quantitative estimate of drug-likeness (QED) is 0.117. The first-order valence-electron chi connectivity index (χ1n) is 10.4. The first kappa shape index (κ1) is 28.9. The summed E-state index contributed by atoms with van der Waals surface area (Å²) in [4.78, 5) is 36.2. The van der Waals surface area contributed by atoms with E-state index in [-0.39, 0.29) is 36.7 Å². The van der Waals surface area contributed by atoms with Gasteiger partial charge in [-0.25, -0.2) is 4.79 Å². The first-order valence-corrected chi connectivity index (χ1v) is 12.0. The number of hydrogen-bond donors (Lipinski definition) is 7. The molecule has 0 spiro atoms. The third kappa shape index (κ3) is 10.6. The summed E-state index contributed by atoms with van der Waals surface area (Å²) in [6.07, 6.45) is 0.520. The number of benzene rings is 1. The molecule has 12 nitrogen and oxygen atoms in total. The summed E-state index contributed by atoms with van der Waals surface area (Å²) in [5.41, 5.74) is 11.8. The van der Waals surface area contributed by atoms with Gasteiger partial charge in [0.1, 0.15) is 11.8 Å². The molecule has 0 fully saturated rings. The van der Waals surface area contributed by atoms with Gasteiger partial charge in [-0.1, -0.05) is 31.8 Å². The van der Waals surface area contributed by atoms with E-state index in [0.29, 0.717) is 12.0 Å². The molecular formula is C21H31N5O7S. The van der Waals surface area contributed by atoms with E-state index in [4.69, 9.17) is 16.0 Å². The van der Waals surface area contributed by atoms with Gasteiger partial charge < -0.3 is 32.5 Å². The van der Waals surface area contributed by atoms with Gasteiger partial charge in [-0.2, -0.15) is 8.42 Å². The molecule has 2 atom stereocenters. The second-order valence-corrected chi connectivity index (χ2v) is 9.26. The van der Waals surface area contributed by atoms with Crippen LogP contribution >= 0.6 is 0 Å². The molecule has 0 heterocycles. The van der Waals surface area contributed by atoms with Crippen LogP contribution in [0.1, 0.15) is 37.8 Å². The molecule has 34 heavy (non-hydrogen) atoms. The van der Waals surface area contributed by atoms with Gasteiger partial charge in [-0.15, -0.1) is 0 Å². The average Bonchev–Trinajstić information content (AvgIpc) is 2.74. The van der Waals surface area contributed by atoms with E-state index in [2.05, 4.69) is 27.8 Å². The van der Waals surface area contributed by atoms with Crippen molar-refractivity contribution in [2.24, 2.45) is 17.4 Å². The van der Waals surface area contributed by atoms with E-state index in [9.17, 15) is 27.9 Å². The highest BCUT2D eigenvalue weighted by molar-refractivity contribution is 7.86. The molecule has 4 amide bonds. The van der Waals surface area contributed by atoms with E-state index in [1.165, 1.54) is 18.2 Å². The van der Waals surface area contributed by atoms with Gasteiger partial charge in [0, 0.05) is 17.8 Å². The molecule has 0 saturated heterocycles. The number of primary amides is 1. The summed E-state index contributed by atoms with van der Waals surface area (Å²) >= 11 is 0. The standard InChI is InChI=1S/C21H31N5O7S/c1-13(2)18(22)20(29)26-17(6-3-9-24-21(23)30)19(28)25-16-8-7-15(12-27)14(11-16)5-4-10-34(31,32)33/h7-8,11,13,17-18,27H,3,6,9-10,12,22H2,1-2H3,(H,25,28)(H,26,29)(H3,23,24,30)(H,31,32,33)/t17-,18-/m0/s1. The number of carbonyl (C=O) groups excluding carboxylic acids is 3. The summed E-state index contributed by atoms with van der Waals surface area (Å²) in [5, 5.41) is 17.1. The van der Waals surface area contributed by atoms with Gasteiger partial charge in [0.25, 0.3) is 10.1 Å². The Balaban J connectivity index is 3.04. The Morgan fingerprint density at radius 3 is 2.41 bits per heavy atom. The molecule has 0 bridgehead atoms. The topological polar surface area (TPSA) is 214 Å². The smallest absolute Gasteiger partial charge is 0.312 e. The highest BCUT2D eigenvalue weighted by Gasteiger charge is 2.25. The zero-order valence-electron chi connectivity index (χ0n) is 19.0. The number of amides is 4. The van der Waals surface area contributed by atoms with Crippen LogP contribution in [0.5, 0.6) is 0 Å². The van der Waals surface area contributed by atoms with Gasteiger partial charge >= 0.3 is 6.03 Å². The lowest BCUT2D eigenvalue weighted by Gasteiger charge is -2.22. The van der Waals surface area contributed by atoms with E-state index in [1.54, 1.807) is 13.8 Å². The average molecular weight is 498 g/mol. The molecule has 9 N–H and O–H groups in total. The lowest BCUT2D eigenvalue weighted by Crippen LogP contribution is -2.51. The maximum atomic E-state index is 12.9. The molecule has 188 valence electrons. The number of nitrogens with one attached hydrogen (secondary N) is 3. The van der Waals surface area contributed by atoms with Crippen LogP contribution < -0.4 is 27.4 Å². The molecule has 1 aromatic carbocycles. The van der Waals surface area contributed by atoms with Crippen LogP contribution in [0.2, 0.25) is 0 Å². The van der Waals surface area contributed by atoms with Crippen molar-refractivity contribution >= 4 is 33.7 Å². The molecule has 0 aliphatic rings. The summed E-state index contributed by atoms with van der Waals surface area (Å²) in [6, 6.07) is 1.91. The number of nitrogens with two attached hydrogens (primary N) is 2. The summed E-state index contributed by atoms with van der Waals surface area (Å²) in [7, 11) is -4.29. The fraction of sp³-hybridized carbons (Fsp3) is 0.476. The van der Waals surface area contributed by atoms with Crippen molar-refractivity contribution in [2.75, 3.05) is 17.6 Å². The number of aliphatic hydroxyl groups is 1. The Kier molecular flexibility index (Phi) is 11.5. The minimum atomic E-state index is -4.29. The van der Waals surface area contributed by atoms with Gasteiger partial charge in [0.15, 0.2) is 0 Å². The number of aliphatic hydroxyl groups excluding tert-OH is 1. The van der Waals surface area contributed by atoms with Crippen LogP contribution in [0.4, 0.5) is 10.5 Å². The first-order chi connectivity index (χ1) is 15.8. The monoisotopic (exact) mass is 497 g/mol. The molecule has 0 radical (unpaired) electrons. The lowest BCUT2D eigenvalue weighted by molar-refractivity contribution is -0.128. The van der Waals surface area contributed by atoms with Crippen molar-refractivity contribution in [3.8, 4) is 11.8 Å². The Labute approximate surface area is 198 Å². The van der Waals surface area contributed by atoms with Crippen molar-refractivity contribution in [3.63, 3.8) is 0 Å². The number of hydrogen-bond acceptors (Lipinski definition) is 7. The van der Waals surface area contributed by atoms with Crippen LogP contribution in [-0.4, -0.2) is 60.3 Å². The molecule has 1 aromatic rings. The minimum absolute atomic E-state index is 0.157. The van der Waals surface area contributed by atoms with Crippen molar-refractivity contribution < 1.29 is 32.5 Å². The summed E-state index contributed by atoms with van der Waals surface area (Å²) < 4.78 is 30.5. The molecule has 0 aliphatic heterocycles. The zero-order chi connectivity index (χ0) is 25.9. The van der Waals surface area contributed by atoms with Crippen molar-refractivity contribution in [1.29, 1.82) is 0 Å². The van der Waals surface area contributed by atoms with Crippen LogP contribution in [0.25, 0.3) is 0 Å². The SMILES string of the molecule is CC(C)[C@H](N)C(=O)N[C@@H](CCCNC(N)=O)C(=O)Nc1ccc(CO)c(C#CCS(=O)(=O)O)c1. The molecule has 0 aromatic heterocycles. The Hall–Kier alpha value is -3.18. The van der Waals surface area contributed by atoms with E-state index < -0.39 is 45.8 Å². The Bertz CT molecular complexity index is 1050. The van der Waals surface area contributed by atoms with Gasteiger partial charge in [-0.3, -0.25) is 14.1 Å². The number of rotatable bonds is 11. The largest absolute Gasteiger partial charge is 0.392 e. The van der Waals surface area contributed by atoms with Gasteiger partial charge in [0.2, 0.25) is 11.8 Å². The van der Waals surface area contributed by atoms with Crippen LogP contribution in [-0.2, 0) is 26.3 Å². The zero-order valence-corrected chi connectivity index (χ0v) is 19.8. The highest BCUT2D eigenvalue weighted by Crippen LogP contribution is 2.16. The number of urea groups is 1. The third-order valence-corrected chi connectivity index (χ3v) is 5.16. The third-order valence-electron chi connectivity index (χ3n) is 4.65. The molecule has 13 heteroatoms. The maximum Gasteiger partial charge on any atom is 0.312 e. The predicted octanol–water partition coefficient (Wildman–Crippen LogP) is -0.727. The van der Waals surface area contributed by atoms with Crippen molar-refractivity contribution in [1.82, 2.24) is 10.6 Å². The minimum Gasteiger partial charge on any atom is -0.392 e. The Morgan fingerprint density at radius 2 is 1.85 bits per heavy atom. The molecule has 0 saturated carbocycles. The van der Waals surface area contributed by atoms with Gasteiger partial charge in [-0.05, 0) is 36.5 Å². The predicted molar refractivity (Wildman–Crippen MR) is 126 cm³/mol. The summed E-state index contributed by atoms with van der Waals surface area (Å²) in [6.45, 7) is 3.35. The fourth-order valence-corrected chi connectivity index (χ4v) is 2.97. The van der Waals surface area contributed by atoms with E-state index in [1.807, 2.05) is 0 Å². The molecule has 0 unspecified atom stereocenters. The van der Waals surface area contributed by atoms with Crippen molar-refractivity contribution in [2.45, 2.75) is 45.4 Å². The lowest BCUT2D eigenvalue weighted by atomic mass is 10.0.